The van der Waals surface area contributed by atoms with Gasteiger partial charge in [-0.15, -0.1) is 0 Å². The molecule has 0 saturated carbocycles. The zero-order chi connectivity index (χ0) is 20.4. The molecule has 1 aliphatic rings. The van der Waals surface area contributed by atoms with E-state index in [1.54, 1.807) is 18.2 Å². The Kier molecular flexibility index (Phi) is 5.48. The van der Waals surface area contributed by atoms with E-state index in [-0.39, 0.29) is 5.56 Å². The van der Waals surface area contributed by atoms with Gasteiger partial charge in [-0.1, -0.05) is 12.1 Å². The van der Waals surface area contributed by atoms with Gasteiger partial charge in [0.05, 0.1) is 17.8 Å². The number of para-hydroxylation sites is 1. The molecule has 0 bridgehead atoms. The van der Waals surface area contributed by atoms with Crippen molar-refractivity contribution < 1.29 is 8.78 Å². The molecule has 9 heteroatoms. The van der Waals surface area contributed by atoms with Crippen LogP contribution >= 0.6 is 0 Å². The Morgan fingerprint density at radius 2 is 1.76 bits per heavy atom. The number of aromatic nitrogens is 4. The summed E-state index contributed by atoms with van der Waals surface area (Å²) in [7, 11) is 0. The highest BCUT2D eigenvalue weighted by molar-refractivity contribution is 5.89. The first-order chi connectivity index (χ1) is 14.0. The number of alkyl halides is 2. The molecule has 152 valence electrons. The molecule has 0 aliphatic carbocycles. The van der Waals surface area contributed by atoms with Gasteiger partial charge in [0.1, 0.15) is 5.82 Å². The molecule has 0 atom stereocenters. The second-order valence-corrected chi connectivity index (χ2v) is 7.09. The summed E-state index contributed by atoms with van der Waals surface area (Å²) in [5, 5.41) is 5.04. The van der Waals surface area contributed by atoms with E-state index in [9.17, 15) is 13.6 Å². The smallest absolute Gasteiger partial charge is 0.297 e. The monoisotopic (exact) mass is 400 g/mol. The van der Waals surface area contributed by atoms with Crippen molar-refractivity contribution in [3.05, 3.63) is 58.3 Å². The Bertz CT molecular complexity index is 1060. The van der Waals surface area contributed by atoms with Gasteiger partial charge in [0.15, 0.2) is 5.82 Å². The zero-order valence-electron chi connectivity index (χ0n) is 16.1. The Balaban J connectivity index is 1.46. The van der Waals surface area contributed by atoms with E-state index in [1.165, 1.54) is 10.7 Å². The number of hydrogen-bond acceptors (Lipinski definition) is 6. The second-order valence-electron chi connectivity index (χ2n) is 7.09. The minimum absolute atomic E-state index is 0.110. The van der Waals surface area contributed by atoms with E-state index in [2.05, 4.69) is 20.0 Å². The molecule has 3 aromatic rings. The molecule has 1 aliphatic heterocycles. The number of hydrogen-bond donors (Lipinski definition) is 0. The number of anilines is 1. The number of nitrogens with zero attached hydrogens (tertiary/aromatic N) is 6. The average Bonchev–Trinajstić information content (AvgIpc) is 2.74. The highest BCUT2D eigenvalue weighted by Gasteiger charge is 2.22. The first kappa shape index (κ1) is 19.4. The van der Waals surface area contributed by atoms with Gasteiger partial charge in [-0.25, -0.2) is 23.4 Å². The van der Waals surface area contributed by atoms with Crippen LogP contribution < -0.4 is 10.5 Å². The molecule has 4 rings (SSSR count). The van der Waals surface area contributed by atoms with Crippen LogP contribution in [0.4, 0.5) is 14.6 Å². The van der Waals surface area contributed by atoms with Crippen molar-refractivity contribution in [3.8, 4) is 0 Å². The summed E-state index contributed by atoms with van der Waals surface area (Å²) in [5.74, 6) is 0.119. The minimum Gasteiger partial charge on any atom is -0.353 e. The summed E-state index contributed by atoms with van der Waals surface area (Å²) in [6.45, 7) is 5.92. The lowest BCUT2D eigenvalue weighted by molar-refractivity contribution is 0.141. The summed E-state index contributed by atoms with van der Waals surface area (Å²) in [4.78, 5) is 24.3. The topological polar surface area (TPSA) is 67.2 Å². The average molecular weight is 400 g/mol. The van der Waals surface area contributed by atoms with Gasteiger partial charge in [-0.2, -0.15) is 5.10 Å². The SMILES string of the molecule is Cc1ccc(=O)n(CCN2CCN(c3nc(C(F)F)nc4ccccc34)CC2)n1. The van der Waals surface area contributed by atoms with E-state index in [1.807, 2.05) is 24.0 Å². The van der Waals surface area contributed by atoms with Crippen molar-refractivity contribution in [3.63, 3.8) is 0 Å². The number of benzene rings is 1. The predicted molar refractivity (Wildman–Crippen MR) is 106 cm³/mol. The van der Waals surface area contributed by atoms with Crippen LogP contribution in [0.25, 0.3) is 10.9 Å². The van der Waals surface area contributed by atoms with Gasteiger partial charge in [0.25, 0.3) is 12.0 Å². The van der Waals surface area contributed by atoms with Crippen molar-refractivity contribution in [1.82, 2.24) is 24.6 Å². The van der Waals surface area contributed by atoms with Gasteiger partial charge in [-0.05, 0) is 25.1 Å². The van der Waals surface area contributed by atoms with E-state index in [0.717, 1.165) is 24.2 Å². The Morgan fingerprint density at radius 1 is 1.00 bits per heavy atom. The fourth-order valence-electron chi connectivity index (χ4n) is 3.55. The van der Waals surface area contributed by atoms with Crippen LogP contribution in [0, 0.1) is 6.92 Å². The molecule has 3 heterocycles. The lowest BCUT2D eigenvalue weighted by Gasteiger charge is -2.35. The number of rotatable bonds is 5. The third-order valence-corrected chi connectivity index (χ3v) is 5.10. The Labute approximate surface area is 166 Å². The number of piperazine rings is 1. The summed E-state index contributed by atoms with van der Waals surface area (Å²) in [5.41, 5.74) is 1.22. The first-order valence-corrected chi connectivity index (χ1v) is 9.58. The maximum absolute atomic E-state index is 13.2. The lowest BCUT2D eigenvalue weighted by atomic mass is 10.2. The summed E-state index contributed by atoms with van der Waals surface area (Å²) in [6, 6.07) is 10.5. The van der Waals surface area contributed by atoms with Crippen LogP contribution in [-0.2, 0) is 6.54 Å². The normalized spacial score (nSPS) is 15.4. The Hall–Kier alpha value is -2.94. The van der Waals surface area contributed by atoms with Gasteiger partial charge in [-0.3, -0.25) is 9.69 Å². The second kappa shape index (κ2) is 8.20. The van der Waals surface area contributed by atoms with Crippen molar-refractivity contribution >= 4 is 16.7 Å². The van der Waals surface area contributed by atoms with Crippen LogP contribution in [0.2, 0.25) is 0 Å². The molecule has 1 saturated heterocycles. The number of halogens is 2. The van der Waals surface area contributed by atoms with Crippen molar-refractivity contribution in [2.24, 2.45) is 0 Å². The molecule has 0 spiro atoms. The van der Waals surface area contributed by atoms with E-state index in [4.69, 9.17) is 0 Å². The standard InChI is InChI=1S/C20H22F2N6O/c1-14-6-7-17(29)28(25-14)13-10-26-8-11-27(12-9-26)20-15-4-2-3-5-16(15)23-19(24-20)18(21)22/h2-7,18H,8-13H2,1H3. The fourth-order valence-corrected chi connectivity index (χ4v) is 3.55. The third-order valence-electron chi connectivity index (χ3n) is 5.10. The predicted octanol–water partition coefficient (Wildman–Crippen LogP) is 2.25. The quantitative estimate of drug-likeness (QED) is 0.655. The maximum Gasteiger partial charge on any atom is 0.297 e. The first-order valence-electron chi connectivity index (χ1n) is 9.58. The van der Waals surface area contributed by atoms with Crippen molar-refractivity contribution in [2.45, 2.75) is 19.9 Å². The van der Waals surface area contributed by atoms with Crippen molar-refractivity contribution in [1.29, 1.82) is 0 Å². The van der Waals surface area contributed by atoms with Gasteiger partial charge < -0.3 is 4.90 Å². The fraction of sp³-hybridized carbons (Fsp3) is 0.400. The zero-order valence-corrected chi connectivity index (χ0v) is 16.1. The summed E-state index contributed by atoms with van der Waals surface area (Å²) in [6.07, 6.45) is -2.71. The van der Waals surface area contributed by atoms with E-state index in [0.29, 0.717) is 37.5 Å². The number of aryl methyl sites for hydroxylation is 1. The van der Waals surface area contributed by atoms with E-state index >= 15 is 0 Å². The summed E-state index contributed by atoms with van der Waals surface area (Å²) < 4.78 is 28.0. The van der Waals surface area contributed by atoms with Gasteiger partial charge in [0, 0.05) is 44.2 Å². The molecule has 7 nitrogen and oxygen atoms in total. The van der Waals surface area contributed by atoms with Crippen LogP contribution in [-0.4, -0.2) is 57.4 Å². The molecule has 1 aromatic carbocycles. The molecule has 2 aromatic heterocycles. The molecular weight excluding hydrogens is 378 g/mol. The van der Waals surface area contributed by atoms with Gasteiger partial charge in [0.2, 0.25) is 0 Å². The van der Waals surface area contributed by atoms with Crippen molar-refractivity contribution in [2.75, 3.05) is 37.6 Å². The maximum atomic E-state index is 13.2. The lowest BCUT2D eigenvalue weighted by Crippen LogP contribution is -2.48. The molecule has 0 N–H and O–H groups in total. The van der Waals surface area contributed by atoms with Crippen LogP contribution in [0.15, 0.2) is 41.2 Å². The van der Waals surface area contributed by atoms with Crippen LogP contribution in [0.5, 0.6) is 0 Å². The van der Waals surface area contributed by atoms with E-state index < -0.39 is 12.2 Å². The molecule has 29 heavy (non-hydrogen) atoms. The molecule has 0 unspecified atom stereocenters. The molecular formula is C20H22F2N6O. The van der Waals surface area contributed by atoms with Gasteiger partial charge >= 0.3 is 0 Å². The largest absolute Gasteiger partial charge is 0.353 e. The molecule has 1 fully saturated rings. The molecule has 0 radical (unpaired) electrons. The highest BCUT2D eigenvalue weighted by atomic mass is 19.3. The highest BCUT2D eigenvalue weighted by Crippen LogP contribution is 2.27. The third kappa shape index (κ3) is 4.24. The Morgan fingerprint density at radius 3 is 2.52 bits per heavy atom. The van der Waals surface area contributed by atoms with Crippen LogP contribution in [0.1, 0.15) is 17.9 Å². The summed E-state index contributed by atoms with van der Waals surface area (Å²) >= 11 is 0. The molecule has 0 amide bonds. The minimum atomic E-state index is -2.71. The number of fused-ring (bicyclic) bond motifs is 1. The van der Waals surface area contributed by atoms with Crippen LogP contribution in [0.3, 0.4) is 0 Å².